The van der Waals surface area contributed by atoms with Crippen LogP contribution in [0.1, 0.15) is 23.4 Å². The average Bonchev–Trinajstić information content (AvgIpc) is 2.80. The highest BCUT2D eigenvalue weighted by molar-refractivity contribution is 5.78. The first kappa shape index (κ1) is 15.6. The second kappa shape index (κ2) is 6.86. The summed E-state index contributed by atoms with van der Waals surface area (Å²) in [5, 5.41) is 3.91. The summed E-state index contributed by atoms with van der Waals surface area (Å²) in [5.74, 6) is 0.873. The van der Waals surface area contributed by atoms with Gasteiger partial charge in [-0.2, -0.15) is 0 Å². The molecule has 5 nitrogen and oxygen atoms in total. The Kier molecular flexibility index (Phi) is 4.65. The fourth-order valence-electron chi connectivity index (χ4n) is 2.95. The number of anilines is 1. The van der Waals surface area contributed by atoms with E-state index in [1.807, 2.05) is 17.9 Å². The van der Waals surface area contributed by atoms with Gasteiger partial charge in [0.2, 0.25) is 5.91 Å². The Hall–Kier alpha value is -2.30. The van der Waals surface area contributed by atoms with Crippen molar-refractivity contribution < 1.29 is 9.32 Å². The van der Waals surface area contributed by atoms with Crippen LogP contribution in [0.3, 0.4) is 0 Å². The molecule has 0 spiro atoms. The van der Waals surface area contributed by atoms with E-state index in [4.69, 9.17) is 4.52 Å². The first-order valence-electron chi connectivity index (χ1n) is 8.13. The molecule has 1 aromatic carbocycles. The van der Waals surface area contributed by atoms with Crippen LogP contribution < -0.4 is 4.90 Å². The third-order valence-electron chi connectivity index (χ3n) is 4.26. The van der Waals surface area contributed by atoms with Crippen molar-refractivity contribution in [1.29, 1.82) is 0 Å². The van der Waals surface area contributed by atoms with Crippen molar-refractivity contribution in [3.8, 4) is 0 Å². The summed E-state index contributed by atoms with van der Waals surface area (Å²) >= 11 is 0. The molecule has 1 saturated heterocycles. The van der Waals surface area contributed by atoms with Crippen molar-refractivity contribution in [2.45, 2.75) is 26.7 Å². The number of hydrogen-bond donors (Lipinski definition) is 0. The van der Waals surface area contributed by atoms with Gasteiger partial charge in [-0.15, -0.1) is 0 Å². The minimum atomic E-state index is 0.129. The summed E-state index contributed by atoms with van der Waals surface area (Å²) < 4.78 is 5.03. The highest BCUT2D eigenvalue weighted by Crippen LogP contribution is 2.17. The molecule has 122 valence electrons. The number of aromatic nitrogens is 1. The predicted octanol–water partition coefficient (Wildman–Crippen LogP) is 2.57. The van der Waals surface area contributed by atoms with Crippen molar-refractivity contribution in [1.82, 2.24) is 10.1 Å². The van der Waals surface area contributed by atoms with Crippen LogP contribution >= 0.6 is 0 Å². The van der Waals surface area contributed by atoms with Crippen molar-refractivity contribution in [2.24, 2.45) is 0 Å². The molecule has 0 N–H and O–H groups in total. The summed E-state index contributed by atoms with van der Waals surface area (Å²) in [4.78, 5) is 16.7. The quantitative estimate of drug-likeness (QED) is 0.874. The molecule has 0 aliphatic carbocycles. The molecule has 1 aliphatic heterocycles. The molecule has 0 radical (unpaired) electrons. The maximum atomic E-state index is 12.4. The van der Waals surface area contributed by atoms with Crippen LogP contribution in [0.15, 0.2) is 34.9 Å². The molecule has 2 heterocycles. The molecule has 1 aromatic heterocycles. The van der Waals surface area contributed by atoms with Gasteiger partial charge in [-0.25, -0.2) is 0 Å². The maximum absolute atomic E-state index is 12.4. The molecule has 3 rings (SSSR count). The highest BCUT2D eigenvalue weighted by atomic mass is 16.5. The maximum Gasteiger partial charge on any atom is 0.228 e. The first-order chi connectivity index (χ1) is 11.1. The van der Waals surface area contributed by atoms with E-state index in [-0.39, 0.29) is 5.91 Å². The van der Waals surface area contributed by atoms with E-state index >= 15 is 0 Å². The van der Waals surface area contributed by atoms with Gasteiger partial charge in [0.25, 0.3) is 0 Å². The second-order valence-electron chi connectivity index (χ2n) is 6.16. The van der Waals surface area contributed by atoms with Crippen molar-refractivity contribution in [2.75, 3.05) is 31.1 Å². The lowest BCUT2D eigenvalue weighted by molar-refractivity contribution is -0.130. The van der Waals surface area contributed by atoms with E-state index < -0.39 is 0 Å². The summed E-state index contributed by atoms with van der Waals surface area (Å²) in [6.07, 6.45) is 1.30. The third-order valence-corrected chi connectivity index (χ3v) is 4.26. The fraction of sp³-hybridized carbons (Fsp3) is 0.444. The van der Waals surface area contributed by atoms with Gasteiger partial charge in [-0.1, -0.05) is 22.9 Å². The highest BCUT2D eigenvalue weighted by Gasteiger charge is 2.20. The molecule has 1 amide bonds. The van der Waals surface area contributed by atoms with Gasteiger partial charge in [0.1, 0.15) is 5.76 Å². The lowest BCUT2D eigenvalue weighted by Gasteiger charge is -2.23. The minimum absolute atomic E-state index is 0.129. The van der Waals surface area contributed by atoms with Crippen LogP contribution in [0, 0.1) is 13.8 Å². The Morgan fingerprint density at radius 1 is 1.13 bits per heavy atom. The second-order valence-corrected chi connectivity index (χ2v) is 6.16. The summed E-state index contributed by atoms with van der Waals surface area (Å²) in [6, 6.07) is 10.4. The van der Waals surface area contributed by atoms with Crippen LogP contribution in [0.25, 0.3) is 0 Å². The number of aryl methyl sites for hydroxylation is 2. The monoisotopic (exact) mass is 313 g/mol. The Bertz CT molecular complexity index is 663. The number of nitrogens with zero attached hydrogens (tertiary/aromatic N) is 3. The Morgan fingerprint density at radius 3 is 2.61 bits per heavy atom. The van der Waals surface area contributed by atoms with Gasteiger partial charge in [0, 0.05) is 37.9 Å². The fourth-order valence-corrected chi connectivity index (χ4v) is 2.95. The third kappa shape index (κ3) is 3.92. The standard InChI is InChI=1S/C18H23N3O2/c1-14-4-6-17(7-5-14)20-8-3-9-21(11-10-20)18(22)13-16-12-15(2)23-19-16/h4-7,12H,3,8-11,13H2,1-2H3. The molecule has 1 aliphatic rings. The summed E-state index contributed by atoms with van der Waals surface area (Å²) in [5.41, 5.74) is 3.22. The lowest BCUT2D eigenvalue weighted by Crippen LogP contribution is -2.36. The molecular weight excluding hydrogens is 290 g/mol. The van der Waals surface area contributed by atoms with Gasteiger partial charge in [-0.05, 0) is 32.4 Å². The number of carbonyl (C=O) groups is 1. The van der Waals surface area contributed by atoms with Crippen LogP contribution in [-0.2, 0) is 11.2 Å². The summed E-state index contributed by atoms with van der Waals surface area (Å²) in [7, 11) is 0. The predicted molar refractivity (Wildman–Crippen MR) is 89.5 cm³/mol. The molecule has 0 unspecified atom stereocenters. The van der Waals surface area contributed by atoms with Crippen molar-refractivity contribution >= 4 is 11.6 Å². The molecule has 0 bridgehead atoms. The van der Waals surface area contributed by atoms with E-state index in [0.29, 0.717) is 12.1 Å². The molecule has 23 heavy (non-hydrogen) atoms. The zero-order valence-electron chi connectivity index (χ0n) is 13.8. The van der Waals surface area contributed by atoms with Crippen LogP contribution in [-0.4, -0.2) is 42.1 Å². The molecule has 0 atom stereocenters. The van der Waals surface area contributed by atoms with Gasteiger partial charge in [-0.3, -0.25) is 4.79 Å². The van der Waals surface area contributed by atoms with Gasteiger partial charge < -0.3 is 14.3 Å². The molecule has 5 heteroatoms. The van der Waals surface area contributed by atoms with E-state index in [9.17, 15) is 4.79 Å². The van der Waals surface area contributed by atoms with Crippen LogP contribution in [0.2, 0.25) is 0 Å². The van der Waals surface area contributed by atoms with Crippen molar-refractivity contribution in [3.05, 3.63) is 47.3 Å². The van der Waals surface area contributed by atoms with Gasteiger partial charge in [0.15, 0.2) is 0 Å². The molecule has 1 fully saturated rings. The molecule has 0 saturated carbocycles. The number of amides is 1. The zero-order valence-corrected chi connectivity index (χ0v) is 13.8. The average molecular weight is 313 g/mol. The number of benzene rings is 1. The number of carbonyl (C=O) groups excluding carboxylic acids is 1. The smallest absolute Gasteiger partial charge is 0.228 e. The SMILES string of the molecule is Cc1ccc(N2CCCN(C(=O)Cc3cc(C)on3)CC2)cc1. The topological polar surface area (TPSA) is 49.6 Å². The first-order valence-corrected chi connectivity index (χ1v) is 8.13. The van der Waals surface area contributed by atoms with Crippen LogP contribution in [0.5, 0.6) is 0 Å². The number of hydrogen-bond acceptors (Lipinski definition) is 4. The largest absolute Gasteiger partial charge is 0.370 e. The minimum Gasteiger partial charge on any atom is -0.370 e. The van der Waals surface area contributed by atoms with Crippen LogP contribution in [0.4, 0.5) is 5.69 Å². The lowest BCUT2D eigenvalue weighted by atomic mass is 10.2. The van der Waals surface area contributed by atoms with E-state index in [0.717, 1.165) is 38.4 Å². The normalized spacial score (nSPS) is 15.6. The molecule has 2 aromatic rings. The Labute approximate surface area is 136 Å². The van der Waals surface area contributed by atoms with Gasteiger partial charge in [0.05, 0.1) is 12.1 Å². The van der Waals surface area contributed by atoms with E-state index in [1.165, 1.54) is 11.3 Å². The van der Waals surface area contributed by atoms with E-state index in [2.05, 4.69) is 41.2 Å². The van der Waals surface area contributed by atoms with Crippen molar-refractivity contribution in [3.63, 3.8) is 0 Å². The van der Waals surface area contributed by atoms with E-state index in [1.54, 1.807) is 0 Å². The zero-order chi connectivity index (χ0) is 16.2. The number of rotatable bonds is 3. The Morgan fingerprint density at radius 2 is 1.91 bits per heavy atom. The Balaban J connectivity index is 1.59. The summed E-state index contributed by atoms with van der Waals surface area (Å²) in [6.45, 7) is 7.34. The molecular formula is C18H23N3O2. The van der Waals surface area contributed by atoms with Gasteiger partial charge >= 0.3 is 0 Å².